The van der Waals surface area contributed by atoms with E-state index in [2.05, 4.69) is 16.7 Å². The molecule has 0 aliphatic heterocycles. The zero-order valence-corrected chi connectivity index (χ0v) is 40.4. The van der Waals surface area contributed by atoms with Crippen molar-refractivity contribution in [3.8, 4) is 0 Å². The van der Waals surface area contributed by atoms with Gasteiger partial charge in [0.2, 0.25) is 0 Å². The van der Waals surface area contributed by atoms with E-state index in [1.165, 1.54) is 0 Å². The van der Waals surface area contributed by atoms with E-state index in [1.807, 2.05) is 0 Å². The average Bonchev–Trinajstić information content (AvgIpc) is 3.24. The number of hydrogen-bond acceptors (Lipinski definition) is 12. The summed E-state index contributed by atoms with van der Waals surface area (Å²) in [5.41, 5.74) is -4.54. The third kappa shape index (κ3) is 16.8. The molecule has 0 atom stereocenters. The average molecular weight is 1380 g/mol. The minimum atomic E-state index is -7.88. The molecule has 0 unspecified atom stereocenters. The number of halogens is 36. The van der Waals surface area contributed by atoms with Crippen molar-refractivity contribution in [2.24, 2.45) is 5.41 Å². The van der Waals surface area contributed by atoms with E-state index in [-0.39, 0.29) is 0 Å². The highest BCUT2D eigenvalue weighted by atomic mass is 32.2. The largest absolute Gasteiger partial charge is 0.460 e. The second-order valence-electron chi connectivity index (χ2n) is 16.0. The van der Waals surface area contributed by atoms with Crippen LogP contribution in [-0.2, 0) is 57.2 Å². The fraction of sp³-hybridized carbons (Fsp3) is 1.00. The van der Waals surface area contributed by atoms with Crippen LogP contribution in [0.25, 0.3) is 0 Å². The lowest BCUT2D eigenvalue weighted by Crippen LogP contribution is -2.61. The van der Waals surface area contributed by atoms with Gasteiger partial charge >= 0.3 is 95.8 Å². The van der Waals surface area contributed by atoms with E-state index in [9.17, 15) is 192 Å². The van der Waals surface area contributed by atoms with E-state index in [1.54, 1.807) is 0 Å². The fourth-order valence-electron chi connectivity index (χ4n) is 4.62. The van der Waals surface area contributed by atoms with Crippen molar-refractivity contribution in [1.29, 1.82) is 0 Å². The zero-order chi connectivity index (χ0) is 65.8. The summed E-state index contributed by atoms with van der Waals surface area (Å²) in [6, 6.07) is 0. The number of hydrogen-bond donors (Lipinski definition) is 0. The quantitative estimate of drug-likeness (QED) is 0.0461. The van der Waals surface area contributed by atoms with Crippen LogP contribution in [0.2, 0.25) is 0 Å². The van der Waals surface area contributed by atoms with Crippen LogP contribution in [0, 0.1) is 5.41 Å². The van der Waals surface area contributed by atoms with Crippen molar-refractivity contribution in [3.63, 3.8) is 0 Å². The summed E-state index contributed by atoms with van der Waals surface area (Å²) in [5, 5.41) is 0. The van der Waals surface area contributed by atoms with Gasteiger partial charge < -0.3 is 0 Å². The monoisotopic (exact) mass is 1380 g/mol. The highest BCUT2D eigenvalue weighted by molar-refractivity contribution is 7.87. The van der Waals surface area contributed by atoms with Gasteiger partial charge in [0, 0.05) is 25.7 Å². The first-order valence-electron chi connectivity index (χ1n) is 18.9. The molecule has 0 aromatic heterocycles. The summed E-state index contributed by atoms with van der Waals surface area (Å²) in [6.45, 7) is -12.6. The molecule has 0 aromatic rings. The first-order chi connectivity index (χ1) is 34.7. The Morgan fingerprint density at radius 2 is 0.333 bits per heavy atom. The molecule has 488 valence electrons. The van der Waals surface area contributed by atoms with Crippen molar-refractivity contribution < 1.29 is 208 Å². The molecule has 0 rings (SSSR count). The third-order valence-corrected chi connectivity index (χ3v) is 14.4. The molecule has 0 fully saturated rings. The summed E-state index contributed by atoms with van der Waals surface area (Å²) in [5.74, 6) is -104. The molecule has 0 bridgehead atoms. The standard InChI is InChI=1S/C29H24F36O12S4/c30-14(31,18(38,39)22(46,47)26(54,55)56)1-5-78(66,67)74-9-13(10-75-79(68,69)6-2-15(32,33)19(40,41)23(48,49)27(57,58)59,11-76-80(70,71)7-3-16(34,35)20(42,43)24(50,51)28(60,61)62)12-77-81(72,73)8-4-17(36,37)21(44,45)25(52,53)29(63,64)65/h1-12H2. The Morgan fingerprint density at radius 1 is 0.210 bits per heavy atom. The lowest BCUT2D eigenvalue weighted by Gasteiger charge is -2.34. The summed E-state index contributed by atoms with van der Waals surface area (Å²) < 4.78 is 595. The van der Waals surface area contributed by atoms with Gasteiger partial charge in [0.25, 0.3) is 40.5 Å². The molecule has 0 aliphatic rings. The number of alkyl halides is 36. The molecular formula is C29H24F36O12S4. The van der Waals surface area contributed by atoms with Crippen molar-refractivity contribution in [2.45, 2.75) is 121 Å². The Bertz CT molecular complexity index is 2250. The van der Waals surface area contributed by atoms with E-state index in [0.29, 0.717) is 0 Å². The van der Waals surface area contributed by atoms with Gasteiger partial charge in [-0.15, -0.1) is 0 Å². The molecule has 0 N–H and O–H groups in total. The van der Waals surface area contributed by atoms with Crippen molar-refractivity contribution >= 4 is 40.5 Å². The highest BCUT2D eigenvalue weighted by Gasteiger charge is 2.84. The zero-order valence-electron chi connectivity index (χ0n) is 37.1. The molecule has 0 saturated heterocycles. The fourth-order valence-corrected chi connectivity index (χ4v) is 8.83. The smallest absolute Gasteiger partial charge is 0.269 e. The SMILES string of the molecule is O=S(=O)(CCC(F)(F)C(F)(F)C(F)(F)C(F)(F)F)OCC(COS(=O)(=O)CCC(F)(F)C(F)(F)C(F)(F)C(F)(F)F)(COS(=O)(=O)CCC(F)(F)C(F)(F)C(F)(F)C(F)(F)F)COS(=O)(=O)CCC(F)(F)C(F)(F)C(F)(F)C(F)(F)F. The molecule has 0 aliphatic carbocycles. The summed E-state index contributed by atoms with van der Waals surface area (Å²) >= 11 is 0. The van der Waals surface area contributed by atoms with Crippen LogP contribution in [0.3, 0.4) is 0 Å². The van der Waals surface area contributed by atoms with Gasteiger partial charge in [-0.1, -0.05) is 0 Å². The van der Waals surface area contributed by atoms with Crippen LogP contribution < -0.4 is 0 Å². The van der Waals surface area contributed by atoms with Gasteiger partial charge in [0.1, 0.15) is 0 Å². The topological polar surface area (TPSA) is 173 Å². The van der Waals surface area contributed by atoms with Crippen molar-refractivity contribution in [1.82, 2.24) is 0 Å². The first-order valence-corrected chi connectivity index (χ1v) is 25.3. The maximum absolute atomic E-state index is 14.1. The lowest BCUT2D eigenvalue weighted by atomic mass is 9.93. The maximum atomic E-state index is 14.1. The van der Waals surface area contributed by atoms with Gasteiger partial charge in [-0.2, -0.15) is 192 Å². The Labute approximate surface area is 425 Å². The van der Waals surface area contributed by atoms with Gasteiger partial charge in [-0.3, -0.25) is 16.7 Å². The van der Waals surface area contributed by atoms with E-state index < -0.39 is 217 Å². The van der Waals surface area contributed by atoms with Gasteiger partial charge in [0.15, 0.2) is 0 Å². The second-order valence-corrected chi connectivity index (χ2v) is 23.0. The minimum absolute atomic E-state index is 3.15. The molecule has 0 saturated carbocycles. The molecule has 0 radical (unpaired) electrons. The molecular weight excluding hydrogens is 1350 g/mol. The second kappa shape index (κ2) is 23.1. The van der Waals surface area contributed by atoms with Gasteiger partial charge in [0.05, 0.1) is 54.9 Å². The van der Waals surface area contributed by atoms with Crippen molar-refractivity contribution in [3.05, 3.63) is 0 Å². The Hall–Kier alpha value is -2.88. The Kier molecular flexibility index (Phi) is 22.3. The maximum Gasteiger partial charge on any atom is 0.460 e. The highest BCUT2D eigenvalue weighted by Crippen LogP contribution is 2.58. The predicted octanol–water partition coefficient (Wildman–Crippen LogP) is 10.8. The molecule has 81 heavy (non-hydrogen) atoms. The normalized spacial score (nSPS) is 16.3. The van der Waals surface area contributed by atoms with Crippen LogP contribution in [-0.4, -0.2) is 179 Å². The minimum Gasteiger partial charge on any atom is -0.269 e. The van der Waals surface area contributed by atoms with Crippen molar-refractivity contribution in [2.75, 3.05) is 49.4 Å². The summed E-state index contributed by atoms with van der Waals surface area (Å²) in [4.78, 5) is 0. The molecule has 0 spiro atoms. The molecule has 52 heteroatoms. The molecule has 0 heterocycles. The molecule has 0 aromatic carbocycles. The van der Waals surface area contributed by atoms with E-state index in [4.69, 9.17) is 0 Å². The van der Waals surface area contributed by atoms with Crippen LogP contribution >= 0.6 is 0 Å². The molecule has 0 amide bonds. The summed E-state index contributed by atoms with van der Waals surface area (Å²) in [6.07, 6.45) is -45.4. The third-order valence-electron chi connectivity index (χ3n) is 9.68. The van der Waals surface area contributed by atoms with Gasteiger partial charge in [-0.25, -0.2) is 0 Å². The van der Waals surface area contributed by atoms with E-state index in [0.717, 1.165) is 0 Å². The van der Waals surface area contributed by atoms with Crippen LogP contribution in [0.15, 0.2) is 0 Å². The predicted molar refractivity (Wildman–Crippen MR) is 183 cm³/mol. The Morgan fingerprint density at radius 3 is 0.444 bits per heavy atom. The molecule has 12 nitrogen and oxygen atoms in total. The first kappa shape index (κ1) is 78.1. The van der Waals surface area contributed by atoms with Gasteiger partial charge in [-0.05, 0) is 0 Å². The lowest BCUT2D eigenvalue weighted by molar-refractivity contribution is -0.396. The van der Waals surface area contributed by atoms with Crippen LogP contribution in [0.4, 0.5) is 158 Å². The Balaban J connectivity index is 8.04. The summed E-state index contributed by atoms with van der Waals surface area (Å²) in [7, 11) is -27.4. The van der Waals surface area contributed by atoms with Crippen LogP contribution in [0.5, 0.6) is 0 Å². The van der Waals surface area contributed by atoms with E-state index >= 15 is 0 Å². The van der Waals surface area contributed by atoms with Crippen LogP contribution in [0.1, 0.15) is 25.7 Å². The number of rotatable bonds is 32.